The molecule has 2 aliphatic rings. The number of benzene rings is 1. The molecule has 0 aromatic heterocycles. The Hall–Kier alpha value is -2.23. The molecule has 1 saturated heterocycles. The monoisotopic (exact) mass is 499 g/mol. The third-order valence-electron chi connectivity index (χ3n) is 5.99. The van der Waals surface area contributed by atoms with Gasteiger partial charge in [-0.3, -0.25) is 4.79 Å². The standard InChI is InChI=1S/C24H32F3N3O3S/c1-15(17-8-6-7-9-18(17)24(25,26)27)28-20-29-19(31)23(5,34-20)14-16-10-12-30(13-11-16)21(32)33-22(2,3)4/h6-9,15-16H,10-14H2,1-5H3,(H,28,29,31)/t15-,23?/m0/s1. The number of amides is 2. The van der Waals surface area contributed by atoms with Gasteiger partial charge in [0.1, 0.15) is 10.3 Å². The van der Waals surface area contributed by atoms with Gasteiger partial charge in [0, 0.05) is 13.1 Å². The average Bonchev–Trinajstić information content (AvgIpc) is 2.99. The van der Waals surface area contributed by atoms with E-state index in [2.05, 4.69) is 10.3 Å². The highest BCUT2D eigenvalue weighted by atomic mass is 32.2. The number of amidine groups is 1. The van der Waals surface area contributed by atoms with E-state index in [0.29, 0.717) is 24.7 Å². The molecule has 10 heteroatoms. The van der Waals surface area contributed by atoms with Gasteiger partial charge in [-0.2, -0.15) is 18.2 Å². The molecule has 34 heavy (non-hydrogen) atoms. The van der Waals surface area contributed by atoms with Gasteiger partial charge in [-0.05, 0) is 71.4 Å². The van der Waals surface area contributed by atoms with Crippen molar-refractivity contribution in [1.82, 2.24) is 10.2 Å². The lowest BCUT2D eigenvalue weighted by Gasteiger charge is -2.35. The molecule has 0 spiro atoms. The molecule has 1 aromatic carbocycles. The molecule has 1 aromatic rings. The van der Waals surface area contributed by atoms with Crippen LogP contribution in [-0.2, 0) is 15.7 Å². The fourth-order valence-electron chi connectivity index (χ4n) is 4.27. The second-order valence-electron chi connectivity index (χ2n) is 10.1. The highest BCUT2D eigenvalue weighted by Crippen LogP contribution is 2.42. The van der Waals surface area contributed by atoms with Crippen LogP contribution in [0.4, 0.5) is 18.0 Å². The summed E-state index contributed by atoms with van der Waals surface area (Å²) in [4.78, 5) is 30.8. The molecule has 0 bridgehead atoms. The van der Waals surface area contributed by atoms with Crippen molar-refractivity contribution in [2.24, 2.45) is 10.9 Å². The number of nitrogens with zero attached hydrogens (tertiary/aromatic N) is 2. The molecule has 2 atom stereocenters. The van der Waals surface area contributed by atoms with Gasteiger partial charge in [0.15, 0.2) is 5.17 Å². The van der Waals surface area contributed by atoms with Gasteiger partial charge >= 0.3 is 12.3 Å². The van der Waals surface area contributed by atoms with Gasteiger partial charge in [-0.1, -0.05) is 30.0 Å². The fourth-order valence-corrected chi connectivity index (χ4v) is 5.52. The summed E-state index contributed by atoms with van der Waals surface area (Å²) in [5, 5.41) is 3.33. The van der Waals surface area contributed by atoms with Gasteiger partial charge in [-0.15, -0.1) is 0 Å². The van der Waals surface area contributed by atoms with Crippen molar-refractivity contribution in [3.8, 4) is 0 Å². The van der Waals surface area contributed by atoms with E-state index in [4.69, 9.17) is 4.74 Å². The molecule has 1 unspecified atom stereocenters. The second kappa shape index (κ2) is 9.79. The maximum Gasteiger partial charge on any atom is 0.416 e. The van der Waals surface area contributed by atoms with Crippen molar-refractivity contribution in [2.75, 3.05) is 13.1 Å². The minimum atomic E-state index is -4.46. The van der Waals surface area contributed by atoms with Crippen LogP contribution in [0, 0.1) is 5.92 Å². The summed E-state index contributed by atoms with van der Waals surface area (Å²) >= 11 is 1.27. The quantitative estimate of drug-likeness (QED) is 0.569. The fraction of sp³-hybridized carbons (Fsp3) is 0.625. The number of carbonyl (C=O) groups is 2. The van der Waals surface area contributed by atoms with Crippen LogP contribution in [-0.4, -0.2) is 45.5 Å². The lowest BCUT2D eigenvalue weighted by molar-refractivity contribution is -0.138. The number of likely N-dealkylation sites (tertiary alicyclic amines) is 1. The molecule has 0 radical (unpaired) electrons. The average molecular weight is 500 g/mol. The maximum atomic E-state index is 13.4. The molecular formula is C24H32F3N3O3S. The Balaban J connectivity index is 1.57. The Morgan fingerprint density at radius 1 is 1.26 bits per heavy atom. The lowest BCUT2D eigenvalue weighted by atomic mass is 9.87. The first-order valence-electron chi connectivity index (χ1n) is 11.4. The van der Waals surface area contributed by atoms with Crippen LogP contribution in [0.25, 0.3) is 0 Å². The number of thioether (sulfide) groups is 1. The summed E-state index contributed by atoms with van der Waals surface area (Å²) in [6.07, 6.45) is -2.70. The summed E-state index contributed by atoms with van der Waals surface area (Å²) in [7, 11) is 0. The van der Waals surface area contributed by atoms with Crippen LogP contribution in [0.15, 0.2) is 29.3 Å². The van der Waals surface area contributed by atoms with Crippen LogP contribution in [0.2, 0.25) is 0 Å². The lowest BCUT2D eigenvalue weighted by Crippen LogP contribution is -2.43. The van der Waals surface area contributed by atoms with Crippen LogP contribution in [0.1, 0.15) is 71.0 Å². The molecule has 0 saturated carbocycles. The highest BCUT2D eigenvalue weighted by Gasteiger charge is 2.44. The molecule has 2 aliphatic heterocycles. The molecule has 6 nitrogen and oxygen atoms in total. The number of hydrogen-bond acceptors (Lipinski definition) is 5. The van der Waals surface area contributed by atoms with Crippen LogP contribution in [0.3, 0.4) is 0 Å². The number of hydrogen-bond donors (Lipinski definition) is 1. The number of alkyl halides is 3. The van der Waals surface area contributed by atoms with E-state index >= 15 is 0 Å². The first-order chi connectivity index (χ1) is 15.7. The third kappa shape index (κ3) is 6.46. The van der Waals surface area contributed by atoms with Gasteiger partial charge in [0.05, 0.1) is 11.6 Å². The van der Waals surface area contributed by atoms with Gasteiger partial charge in [-0.25, -0.2) is 4.79 Å². The molecule has 188 valence electrons. The Labute approximate surface area is 202 Å². The Morgan fingerprint density at radius 2 is 1.88 bits per heavy atom. The Kier molecular flexibility index (Phi) is 7.60. The number of ether oxygens (including phenoxy) is 1. The van der Waals surface area contributed by atoms with Gasteiger partial charge < -0.3 is 15.0 Å². The van der Waals surface area contributed by atoms with Crippen molar-refractivity contribution >= 4 is 28.9 Å². The van der Waals surface area contributed by atoms with E-state index in [-0.39, 0.29) is 23.5 Å². The number of nitrogens with one attached hydrogen (secondary N) is 1. The zero-order chi connectivity index (χ0) is 25.3. The van der Waals surface area contributed by atoms with Crippen LogP contribution < -0.4 is 5.32 Å². The number of piperidine rings is 1. The first kappa shape index (κ1) is 26.4. The smallest absolute Gasteiger partial charge is 0.416 e. The summed E-state index contributed by atoms with van der Waals surface area (Å²) in [6.45, 7) is 10.1. The summed E-state index contributed by atoms with van der Waals surface area (Å²) < 4.78 is 44.8. The molecule has 1 fully saturated rings. The van der Waals surface area contributed by atoms with E-state index in [1.165, 1.54) is 23.9 Å². The van der Waals surface area contributed by atoms with Crippen molar-refractivity contribution in [3.05, 3.63) is 35.4 Å². The molecule has 3 rings (SSSR count). The van der Waals surface area contributed by atoms with E-state index in [1.54, 1.807) is 17.9 Å². The molecule has 2 amide bonds. The molecule has 0 aliphatic carbocycles. The largest absolute Gasteiger partial charge is 0.444 e. The van der Waals surface area contributed by atoms with Gasteiger partial charge in [0.2, 0.25) is 0 Å². The molecular weight excluding hydrogens is 467 g/mol. The Morgan fingerprint density at radius 3 is 2.47 bits per heavy atom. The van der Waals surface area contributed by atoms with E-state index < -0.39 is 28.1 Å². The Bertz CT molecular complexity index is 953. The van der Waals surface area contributed by atoms with E-state index in [0.717, 1.165) is 18.9 Å². The summed E-state index contributed by atoms with van der Waals surface area (Å²) in [6, 6.07) is 4.73. The van der Waals surface area contributed by atoms with Crippen molar-refractivity contribution in [1.29, 1.82) is 0 Å². The van der Waals surface area contributed by atoms with Crippen LogP contribution in [0.5, 0.6) is 0 Å². The topological polar surface area (TPSA) is 71.0 Å². The number of rotatable bonds is 4. The van der Waals surface area contributed by atoms with Crippen molar-refractivity contribution in [2.45, 2.75) is 76.4 Å². The third-order valence-corrected chi connectivity index (χ3v) is 7.19. The normalized spacial score (nSPS) is 23.0. The number of halogens is 3. The summed E-state index contributed by atoms with van der Waals surface area (Å²) in [5.41, 5.74) is -1.15. The SMILES string of the molecule is C[C@H](NC1=NC(=O)C(C)(CC2CCN(C(=O)OC(C)(C)C)CC2)S1)c1ccccc1C(F)(F)F. The molecule has 1 N–H and O–H groups in total. The predicted molar refractivity (Wildman–Crippen MR) is 127 cm³/mol. The van der Waals surface area contributed by atoms with Crippen molar-refractivity contribution < 1.29 is 27.5 Å². The minimum absolute atomic E-state index is 0.105. The van der Waals surface area contributed by atoms with E-state index in [9.17, 15) is 22.8 Å². The second-order valence-corrected chi connectivity index (χ2v) is 11.6. The highest BCUT2D eigenvalue weighted by molar-refractivity contribution is 8.16. The minimum Gasteiger partial charge on any atom is -0.444 e. The number of carbonyl (C=O) groups excluding carboxylic acids is 2. The van der Waals surface area contributed by atoms with Crippen LogP contribution >= 0.6 is 11.8 Å². The molecule has 2 heterocycles. The zero-order valence-corrected chi connectivity index (χ0v) is 21.0. The first-order valence-corrected chi connectivity index (χ1v) is 12.2. The maximum absolute atomic E-state index is 13.4. The predicted octanol–water partition coefficient (Wildman–Crippen LogP) is 5.78. The summed E-state index contributed by atoms with van der Waals surface area (Å²) in [5.74, 6) is -0.0519. The zero-order valence-electron chi connectivity index (χ0n) is 20.2. The van der Waals surface area contributed by atoms with Gasteiger partial charge in [0.25, 0.3) is 5.91 Å². The van der Waals surface area contributed by atoms with E-state index in [1.807, 2.05) is 27.7 Å². The number of aliphatic imine (C=N–C) groups is 1. The van der Waals surface area contributed by atoms with Crippen molar-refractivity contribution in [3.63, 3.8) is 0 Å².